The molecule has 2 rings (SSSR count). The molecule has 0 aliphatic heterocycles. The number of nitrogens with zero attached hydrogens (tertiary/aromatic N) is 2. The molecule has 10 heteroatoms. The zero-order chi connectivity index (χ0) is 25.1. The number of aromatic amines is 1. The Morgan fingerprint density at radius 1 is 1.00 bits per heavy atom. The van der Waals surface area contributed by atoms with Gasteiger partial charge in [0.1, 0.15) is 23.4 Å². The fraction of sp³-hybridized carbons (Fsp3) is 0.500. The van der Waals surface area contributed by atoms with Crippen molar-refractivity contribution in [1.82, 2.24) is 20.4 Å². The summed E-state index contributed by atoms with van der Waals surface area (Å²) in [5.41, 5.74) is 0.434. The third-order valence-electron chi connectivity index (χ3n) is 5.26. The van der Waals surface area contributed by atoms with Gasteiger partial charge in [-0.25, -0.2) is 8.78 Å². The third kappa shape index (κ3) is 8.24. The molecule has 186 valence electrons. The van der Waals surface area contributed by atoms with Crippen molar-refractivity contribution in [1.29, 1.82) is 0 Å². The number of amides is 3. The number of hydrogen-bond donors (Lipinski definition) is 3. The molecule has 0 fully saturated rings. The highest BCUT2D eigenvalue weighted by molar-refractivity contribution is 5.98. The van der Waals surface area contributed by atoms with Crippen LogP contribution in [0.2, 0.25) is 0 Å². The lowest BCUT2D eigenvalue weighted by molar-refractivity contribution is -0.126. The van der Waals surface area contributed by atoms with Gasteiger partial charge in [-0.15, -0.1) is 0 Å². The minimum atomic E-state index is -0.882. The monoisotopic (exact) mass is 477 g/mol. The summed E-state index contributed by atoms with van der Waals surface area (Å²) in [4.78, 5) is 39.6. The zero-order valence-corrected chi connectivity index (χ0v) is 19.9. The highest BCUT2D eigenvalue weighted by atomic mass is 19.1. The molecule has 3 amide bonds. The SMILES string of the molecule is CCCCN(CCCC)C(=O)c1cc(NC(=O)C(CC)NC(=O)Cc2cc(F)cc(F)c2)n[nH]1. The van der Waals surface area contributed by atoms with Crippen LogP contribution >= 0.6 is 0 Å². The molecule has 8 nitrogen and oxygen atoms in total. The van der Waals surface area contributed by atoms with Gasteiger partial charge in [-0.3, -0.25) is 19.5 Å². The lowest BCUT2D eigenvalue weighted by Crippen LogP contribution is -2.44. The predicted octanol–water partition coefficient (Wildman–Crippen LogP) is 3.81. The first-order chi connectivity index (χ1) is 16.3. The molecule has 1 heterocycles. The van der Waals surface area contributed by atoms with Gasteiger partial charge in [-0.05, 0) is 37.0 Å². The van der Waals surface area contributed by atoms with Crippen molar-refractivity contribution in [2.24, 2.45) is 0 Å². The van der Waals surface area contributed by atoms with Gasteiger partial charge < -0.3 is 15.5 Å². The molecule has 0 saturated heterocycles. The number of H-pyrrole nitrogens is 1. The molecule has 0 saturated carbocycles. The van der Waals surface area contributed by atoms with Crippen LogP contribution in [0.25, 0.3) is 0 Å². The summed E-state index contributed by atoms with van der Waals surface area (Å²) in [5.74, 6) is -2.64. The molecule has 0 aliphatic rings. The summed E-state index contributed by atoms with van der Waals surface area (Å²) in [6.07, 6.45) is 3.75. The van der Waals surface area contributed by atoms with E-state index in [0.29, 0.717) is 13.1 Å². The highest BCUT2D eigenvalue weighted by Crippen LogP contribution is 2.12. The topological polar surface area (TPSA) is 107 Å². The van der Waals surface area contributed by atoms with Crippen molar-refractivity contribution in [3.63, 3.8) is 0 Å². The summed E-state index contributed by atoms with van der Waals surface area (Å²) in [6, 6.07) is 3.44. The van der Waals surface area contributed by atoms with Crippen LogP contribution in [0.1, 0.15) is 68.9 Å². The van der Waals surface area contributed by atoms with Gasteiger partial charge in [0.25, 0.3) is 5.91 Å². The van der Waals surface area contributed by atoms with Crippen molar-refractivity contribution in [3.8, 4) is 0 Å². The van der Waals surface area contributed by atoms with Crippen LogP contribution in [0.4, 0.5) is 14.6 Å². The lowest BCUT2D eigenvalue weighted by atomic mass is 10.1. The van der Waals surface area contributed by atoms with Crippen LogP contribution in [-0.2, 0) is 16.0 Å². The number of carbonyl (C=O) groups excluding carboxylic acids is 3. The van der Waals surface area contributed by atoms with Crippen molar-refractivity contribution < 1.29 is 23.2 Å². The normalized spacial score (nSPS) is 11.7. The van der Waals surface area contributed by atoms with Crippen LogP contribution in [0, 0.1) is 11.6 Å². The molecule has 1 atom stereocenters. The van der Waals surface area contributed by atoms with Crippen molar-refractivity contribution in [2.45, 2.75) is 65.3 Å². The second-order valence-electron chi connectivity index (χ2n) is 8.14. The van der Waals surface area contributed by atoms with E-state index in [1.165, 1.54) is 6.07 Å². The largest absolute Gasteiger partial charge is 0.344 e. The Balaban J connectivity index is 1.98. The van der Waals surface area contributed by atoms with E-state index in [1.54, 1.807) is 11.8 Å². The van der Waals surface area contributed by atoms with Crippen LogP contribution < -0.4 is 10.6 Å². The first-order valence-corrected chi connectivity index (χ1v) is 11.7. The van der Waals surface area contributed by atoms with Gasteiger partial charge in [0, 0.05) is 25.2 Å². The quantitative estimate of drug-likeness (QED) is 0.408. The van der Waals surface area contributed by atoms with Crippen LogP contribution in [0.5, 0.6) is 0 Å². The molecular weight excluding hydrogens is 444 g/mol. The van der Waals surface area contributed by atoms with Crippen LogP contribution in [0.3, 0.4) is 0 Å². The van der Waals surface area contributed by atoms with Gasteiger partial charge in [-0.2, -0.15) is 5.10 Å². The first-order valence-electron chi connectivity index (χ1n) is 11.7. The Morgan fingerprint density at radius 2 is 1.62 bits per heavy atom. The number of unbranched alkanes of at least 4 members (excludes halogenated alkanes) is 2. The third-order valence-corrected chi connectivity index (χ3v) is 5.26. The molecule has 1 unspecified atom stereocenters. The zero-order valence-electron chi connectivity index (χ0n) is 19.9. The number of hydrogen-bond acceptors (Lipinski definition) is 4. The Morgan fingerprint density at radius 3 is 2.18 bits per heavy atom. The average molecular weight is 478 g/mol. The van der Waals surface area contributed by atoms with E-state index in [-0.39, 0.29) is 35.8 Å². The van der Waals surface area contributed by atoms with Gasteiger partial charge in [0.2, 0.25) is 11.8 Å². The van der Waals surface area contributed by atoms with Crippen molar-refractivity contribution in [3.05, 3.63) is 47.2 Å². The van der Waals surface area contributed by atoms with Crippen molar-refractivity contribution in [2.75, 3.05) is 18.4 Å². The van der Waals surface area contributed by atoms with Crippen LogP contribution in [-0.4, -0.2) is 52.0 Å². The molecule has 0 radical (unpaired) electrons. The summed E-state index contributed by atoms with van der Waals surface area (Å²) < 4.78 is 26.7. The molecule has 0 spiro atoms. The number of aromatic nitrogens is 2. The number of carbonyl (C=O) groups is 3. The number of rotatable bonds is 13. The maximum Gasteiger partial charge on any atom is 0.271 e. The minimum Gasteiger partial charge on any atom is -0.344 e. The second kappa shape index (κ2) is 13.4. The standard InChI is InChI=1S/C24H33F2N5O3/c1-4-7-9-31(10-8-5-2)24(34)20-15-21(30-29-20)28-23(33)19(6-3)27-22(32)13-16-11-17(25)14-18(26)12-16/h11-12,14-15,19H,4-10,13H2,1-3H3,(H,27,32)(H2,28,29,30,33). The summed E-state index contributed by atoms with van der Waals surface area (Å²) in [6.45, 7) is 7.13. The average Bonchev–Trinajstić information content (AvgIpc) is 3.24. The molecule has 1 aromatic heterocycles. The molecule has 0 bridgehead atoms. The van der Waals surface area contributed by atoms with E-state index in [9.17, 15) is 23.2 Å². The predicted molar refractivity (Wildman–Crippen MR) is 125 cm³/mol. The Kier molecular flexibility index (Phi) is 10.6. The summed E-state index contributed by atoms with van der Waals surface area (Å²) >= 11 is 0. The molecule has 1 aromatic carbocycles. The van der Waals surface area contributed by atoms with Gasteiger partial charge in [0.05, 0.1) is 6.42 Å². The number of halogens is 2. The van der Waals surface area contributed by atoms with Gasteiger partial charge >= 0.3 is 0 Å². The number of anilines is 1. The second-order valence-corrected chi connectivity index (χ2v) is 8.14. The fourth-order valence-electron chi connectivity index (χ4n) is 3.39. The van der Waals surface area contributed by atoms with E-state index in [1.807, 2.05) is 0 Å². The maximum absolute atomic E-state index is 13.3. The highest BCUT2D eigenvalue weighted by Gasteiger charge is 2.22. The van der Waals surface area contributed by atoms with E-state index < -0.39 is 29.5 Å². The molecular formula is C24H33F2N5O3. The smallest absolute Gasteiger partial charge is 0.271 e. The Bertz CT molecular complexity index is 951. The number of benzene rings is 1. The summed E-state index contributed by atoms with van der Waals surface area (Å²) in [7, 11) is 0. The Hall–Kier alpha value is -3.30. The van der Waals surface area contributed by atoms with Gasteiger partial charge in [0.15, 0.2) is 5.82 Å². The first kappa shape index (κ1) is 26.9. The van der Waals surface area contributed by atoms with E-state index in [2.05, 4.69) is 34.7 Å². The van der Waals surface area contributed by atoms with Gasteiger partial charge in [-0.1, -0.05) is 33.6 Å². The molecule has 3 N–H and O–H groups in total. The molecule has 2 aromatic rings. The van der Waals surface area contributed by atoms with E-state index in [4.69, 9.17) is 0 Å². The lowest BCUT2D eigenvalue weighted by Gasteiger charge is -2.21. The van der Waals surface area contributed by atoms with Crippen molar-refractivity contribution >= 4 is 23.5 Å². The maximum atomic E-state index is 13.3. The van der Waals surface area contributed by atoms with E-state index in [0.717, 1.165) is 43.9 Å². The molecule has 34 heavy (non-hydrogen) atoms. The Labute approximate surface area is 198 Å². The molecule has 0 aliphatic carbocycles. The van der Waals surface area contributed by atoms with E-state index >= 15 is 0 Å². The van der Waals surface area contributed by atoms with Crippen LogP contribution in [0.15, 0.2) is 24.3 Å². The fourth-order valence-corrected chi connectivity index (χ4v) is 3.39. The minimum absolute atomic E-state index is 0.163. The summed E-state index contributed by atoms with van der Waals surface area (Å²) in [5, 5.41) is 11.8. The number of nitrogens with one attached hydrogen (secondary N) is 3.